The Labute approximate surface area is 323 Å². The molecule has 14 heteroatoms. The third-order valence-corrected chi connectivity index (χ3v) is 10.5. The van der Waals surface area contributed by atoms with Gasteiger partial charge < -0.3 is 41.6 Å². The third-order valence-electron chi connectivity index (χ3n) is 10.5. The predicted octanol–water partition coefficient (Wildman–Crippen LogP) is 2.93. The van der Waals surface area contributed by atoms with E-state index < -0.39 is 48.0 Å². The first-order valence-electron chi connectivity index (χ1n) is 19.6. The molecule has 5 rings (SSSR count). The standard InChI is InChI=1S/C39H55N7O5.C2H4O2/c40-30-16-19-46(20-17-30)36(48)23-29(21-27-9-3-1-4-10-27)38(50)45-34(24-32-25-41-26-43-32)39(51)44-33(22-28-11-5-2-6-12-28)37(49)35(47)15-14-31-13-7-8-18-42-31;1-2(3)4/h1,3-4,7-10,13,18,25-26,28-30,33-35,37,47,49H,2,5-6,11-12,14-17,19-24,40H2,(H,41,43)(H,44,51)(H,45,50);1H3,(H,3,4)/t29-,33+,34+,35+,37-;/m1./s1. The van der Waals surface area contributed by atoms with E-state index in [4.69, 9.17) is 15.6 Å². The number of imidazole rings is 1. The van der Waals surface area contributed by atoms with Crippen molar-refractivity contribution < 1.29 is 34.5 Å². The van der Waals surface area contributed by atoms with E-state index in [0.717, 1.165) is 56.7 Å². The van der Waals surface area contributed by atoms with Crippen LogP contribution in [0.3, 0.4) is 0 Å². The number of aromatic amines is 1. The molecule has 1 aliphatic heterocycles. The van der Waals surface area contributed by atoms with Crippen LogP contribution < -0.4 is 16.4 Å². The molecule has 2 fully saturated rings. The molecule has 1 saturated heterocycles. The summed E-state index contributed by atoms with van der Waals surface area (Å²) in [6.45, 7) is 2.20. The van der Waals surface area contributed by atoms with Gasteiger partial charge >= 0.3 is 0 Å². The summed E-state index contributed by atoms with van der Waals surface area (Å²) >= 11 is 0. The number of carbonyl (C=O) groups is 4. The van der Waals surface area contributed by atoms with Gasteiger partial charge in [0.05, 0.1) is 30.1 Å². The summed E-state index contributed by atoms with van der Waals surface area (Å²) in [5.41, 5.74) is 8.37. The number of likely N-dealkylation sites (tertiary alicyclic amines) is 1. The Balaban J connectivity index is 0.00000160. The van der Waals surface area contributed by atoms with Crippen molar-refractivity contribution in [1.29, 1.82) is 0 Å². The quantitative estimate of drug-likeness (QED) is 0.107. The number of aliphatic hydroxyl groups excluding tert-OH is 2. The third kappa shape index (κ3) is 15.2. The second kappa shape index (κ2) is 22.7. The number of hydrogen-bond donors (Lipinski definition) is 7. The van der Waals surface area contributed by atoms with Crippen LogP contribution >= 0.6 is 0 Å². The van der Waals surface area contributed by atoms with Crippen molar-refractivity contribution in [3.63, 3.8) is 0 Å². The number of aryl methyl sites for hydroxylation is 1. The maximum atomic E-state index is 14.2. The summed E-state index contributed by atoms with van der Waals surface area (Å²) < 4.78 is 0. The molecule has 3 heterocycles. The van der Waals surface area contributed by atoms with Crippen LogP contribution in [0, 0.1) is 11.8 Å². The largest absolute Gasteiger partial charge is 0.481 e. The van der Waals surface area contributed by atoms with Gasteiger partial charge in [-0.25, -0.2) is 4.98 Å². The summed E-state index contributed by atoms with van der Waals surface area (Å²) in [6.07, 6.45) is 11.1. The first-order valence-corrected chi connectivity index (χ1v) is 19.6. The van der Waals surface area contributed by atoms with Crippen molar-refractivity contribution >= 4 is 23.7 Å². The molecule has 0 unspecified atom stereocenters. The number of amides is 3. The van der Waals surface area contributed by atoms with Gasteiger partial charge in [-0.2, -0.15) is 0 Å². The van der Waals surface area contributed by atoms with Crippen LogP contribution in [0.1, 0.15) is 88.1 Å². The number of nitrogens with one attached hydrogen (secondary N) is 3. The highest BCUT2D eigenvalue weighted by Gasteiger charge is 2.35. The van der Waals surface area contributed by atoms with E-state index in [0.29, 0.717) is 44.0 Å². The lowest BCUT2D eigenvalue weighted by molar-refractivity contribution is -0.138. The highest BCUT2D eigenvalue weighted by molar-refractivity contribution is 5.91. The Morgan fingerprint density at radius 1 is 0.891 bits per heavy atom. The highest BCUT2D eigenvalue weighted by atomic mass is 16.4. The normalized spacial score (nSPS) is 17.8. The fourth-order valence-corrected chi connectivity index (χ4v) is 7.39. The number of hydrogen-bond acceptors (Lipinski definition) is 9. The number of aromatic nitrogens is 3. The number of H-pyrrole nitrogens is 1. The summed E-state index contributed by atoms with van der Waals surface area (Å²) in [4.78, 5) is 64.1. The van der Waals surface area contributed by atoms with E-state index in [1.54, 1.807) is 17.3 Å². The minimum Gasteiger partial charge on any atom is -0.481 e. The first kappa shape index (κ1) is 43.1. The lowest BCUT2D eigenvalue weighted by Crippen LogP contribution is -2.56. The maximum Gasteiger partial charge on any atom is 0.300 e. The van der Waals surface area contributed by atoms with Crippen LogP contribution in [0.15, 0.2) is 67.3 Å². The average molecular weight is 762 g/mol. The number of carboxylic acid groups (broad SMARTS) is 1. The summed E-state index contributed by atoms with van der Waals surface area (Å²) in [5.74, 6) is -2.25. The Hall–Kier alpha value is -4.66. The predicted molar refractivity (Wildman–Crippen MR) is 207 cm³/mol. The van der Waals surface area contributed by atoms with Crippen LogP contribution in [0.2, 0.25) is 0 Å². The fraction of sp³-hybridized carbons (Fsp3) is 0.561. The van der Waals surface area contributed by atoms with Crippen molar-refractivity contribution in [1.82, 2.24) is 30.5 Å². The molecule has 2 aliphatic rings. The maximum absolute atomic E-state index is 14.2. The molecule has 0 radical (unpaired) electrons. The average Bonchev–Trinajstić information content (AvgIpc) is 3.70. The minimum atomic E-state index is -1.22. The molecule has 0 spiro atoms. The SMILES string of the molecule is CC(=O)O.NC1CCN(C(=O)C[C@@H](Cc2ccccc2)C(=O)N[C@@H](Cc2c[nH]cn2)C(=O)N[C@@H](CC2CCCCC2)[C@@H](O)[C@@H](O)CCc2ccccn2)CC1. The van der Waals surface area contributed by atoms with E-state index in [1.807, 2.05) is 48.5 Å². The molecule has 3 aromatic rings. The molecule has 5 atom stereocenters. The lowest BCUT2D eigenvalue weighted by atomic mass is 9.82. The van der Waals surface area contributed by atoms with Crippen LogP contribution in [0.25, 0.3) is 0 Å². The number of rotatable bonds is 17. The second-order valence-corrected chi connectivity index (χ2v) is 14.9. The first-order chi connectivity index (χ1) is 26.5. The monoisotopic (exact) mass is 761 g/mol. The summed E-state index contributed by atoms with van der Waals surface area (Å²) in [7, 11) is 0. The zero-order valence-corrected chi connectivity index (χ0v) is 31.9. The van der Waals surface area contributed by atoms with E-state index in [2.05, 4.69) is 25.6 Å². The van der Waals surface area contributed by atoms with Gasteiger partial charge in [-0.15, -0.1) is 0 Å². The smallest absolute Gasteiger partial charge is 0.300 e. The van der Waals surface area contributed by atoms with Crippen molar-refractivity contribution in [2.24, 2.45) is 17.6 Å². The Morgan fingerprint density at radius 2 is 1.58 bits per heavy atom. The molecule has 55 heavy (non-hydrogen) atoms. The fourth-order valence-electron chi connectivity index (χ4n) is 7.39. The Morgan fingerprint density at radius 3 is 2.22 bits per heavy atom. The Bertz CT molecular complexity index is 1580. The number of nitrogens with zero attached hydrogens (tertiary/aromatic N) is 3. The second-order valence-electron chi connectivity index (χ2n) is 14.9. The molecular formula is C41H59N7O7. The number of nitrogens with two attached hydrogens (primary N) is 1. The summed E-state index contributed by atoms with van der Waals surface area (Å²) in [5, 5.41) is 36.1. The van der Waals surface area contributed by atoms with Gasteiger partial charge in [0.25, 0.3) is 5.97 Å². The molecule has 1 saturated carbocycles. The number of aliphatic hydroxyl groups is 2. The Kier molecular flexibility index (Phi) is 17.7. The lowest BCUT2D eigenvalue weighted by Gasteiger charge is -2.33. The van der Waals surface area contributed by atoms with Crippen molar-refractivity contribution in [2.75, 3.05) is 13.1 Å². The molecule has 3 amide bonds. The van der Waals surface area contributed by atoms with E-state index >= 15 is 0 Å². The van der Waals surface area contributed by atoms with E-state index in [1.165, 1.54) is 12.7 Å². The number of carboxylic acids is 1. The molecule has 8 N–H and O–H groups in total. The number of carbonyl (C=O) groups excluding carboxylic acids is 3. The van der Waals surface area contributed by atoms with Crippen LogP contribution in [0.5, 0.6) is 0 Å². The van der Waals surface area contributed by atoms with Crippen LogP contribution in [0.4, 0.5) is 0 Å². The molecule has 1 aliphatic carbocycles. The molecule has 14 nitrogen and oxygen atoms in total. The van der Waals surface area contributed by atoms with Gasteiger partial charge in [-0.05, 0) is 62.1 Å². The number of benzene rings is 1. The zero-order chi connectivity index (χ0) is 39.6. The van der Waals surface area contributed by atoms with E-state index in [9.17, 15) is 24.6 Å². The van der Waals surface area contributed by atoms with Gasteiger partial charge in [0.2, 0.25) is 17.7 Å². The highest BCUT2D eigenvalue weighted by Crippen LogP contribution is 2.29. The van der Waals surface area contributed by atoms with Gasteiger partial charge in [-0.1, -0.05) is 68.5 Å². The number of aliphatic carboxylic acids is 1. The van der Waals surface area contributed by atoms with Gasteiger partial charge in [0.15, 0.2) is 0 Å². The van der Waals surface area contributed by atoms with Crippen LogP contribution in [-0.4, -0.2) is 102 Å². The molecular weight excluding hydrogens is 702 g/mol. The van der Waals surface area contributed by atoms with E-state index in [-0.39, 0.29) is 31.2 Å². The van der Waals surface area contributed by atoms with Crippen molar-refractivity contribution in [3.05, 3.63) is 84.2 Å². The van der Waals surface area contributed by atoms with Gasteiger partial charge in [0.1, 0.15) is 12.1 Å². The van der Waals surface area contributed by atoms with Gasteiger partial charge in [0, 0.05) is 57.0 Å². The van der Waals surface area contributed by atoms with Crippen molar-refractivity contribution in [2.45, 2.75) is 121 Å². The zero-order valence-electron chi connectivity index (χ0n) is 31.9. The molecule has 1 aromatic carbocycles. The molecule has 2 aromatic heterocycles. The summed E-state index contributed by atoms with van der Waals surface area (Å²) in [6, 6.07) is 13.4. The van der Waals surface area contributed by atoms with Crippen LogP contribution in [-0.2, 0) is 38.4 Å². The van der Waals surface area contributed by atoms with Crippen molar-refractivity contribution in [3.8, 4) is 0 Å². The van der Waals surface area contributed by atoms with Gasteiger partial charge in [-0.3, -0.25) is 24.2 Å². The molecule has 0 bridgehead atoms. The minimum absolute atomic E-state index is 0.00179. The topological polar surface area (TPSA) is 224 Å². The molecule has 300 valence electrons. The number of piperidine rings is 1. The number of pyridine rings is 1.